The summed E-state index contributed by atoms with van der Waals surface area (Å²) < 4.78 is 0. The number of aromatic nitrogens is 1. The van der Waals surface area contributed by atoms with E-state index >= 15 is 0 Å². The molecule has 2 heterocycles. The lowest BCUT2D eigenvalue weighted by Crippen LogP contribution is -2.56. The predicted molar refractivity (Wildman–Crippen MR) is 82.6 cm³/mol. The Hall–Kier alpha value is -0.980. The van der Waals surface area contributed by atoms with Crippen molar-refractivity contribution in [2.24, 2.45) is 0 Å². The lowest BCUT2D eigenvalue weighted by atomic mass is 9.87. The second kappa shape index (κ2) is 6.42. The van der Waals surface area contributed by atoms with Crippen LogP contribution in [0.1, 0.15) is 47.5 Å². The zero-order valence-electron chi connectivity index (χ0n) is 12.4. The Kier molecular flexibility index (Phi) is 4.57. The van der Waals surface area contributed by atoms with Crippen LogP contribution in [-0.2, 0) is 0 Å². The van der Waals surface area contributed by atoms with Gasteiger partial charge in [0.25, 0.3) is 5.91 Å². The molecule has 116 valence electrons. The Morgan fingerprint density at radius 2 is 2.14 bits per heavy atom. The molecule has 1 aromatic rings. The largest absolute Gasteiger partial charge is 0.389 e. The third kappa shape index (κ3) is 3.12. The number of thiazole rings is 1. The van der Waals surface area contributed by atoms with E-state index in [1.165, 1.54) is 24.2 Å². The average Bonchev–Trinajstić information content (AvgIpc) is 3.12. The molecule has 2 aliphatic rings. The van der Waals surface area contributed by atoms with Gasteiger partial charge in [-0.1, -0.05) is 0 Å². The van der Waals surface area contributed by atoms with Gasteiger partial charge in [0.15, 0.2) is 0 Å². The van der Waals surface area contributed by atoms with E-state index in [9.17, 15) is 9.90 Å². The van der Waals surface area contributed by atoms with E-state index in [0.29, 0.717) is 4.88 Å². The maximum atomic E-state index is 12.3. The van der Waals surface area contributed by atoms with Crippen LogP contribution in [0, 0.1) is 6.92 Å². The van der Waals surface area contributed by atoms with Crippen LogP contribution in [0.5, 0.6) is 0 Å². The van der Waals surface area contributed by atoms with Gasteiger partial charge in [0.05, 0.1) is 23.4 Å². The number of hydrogen-bond acceptors (Lipinski definition) is 5. The van der Waals surface area contributed by atoms with Crippen molar-refractivity contribution < 1.29 is 9.90 Å². The Labute approximate surface area is 129 Å². The normalized spacial score (nSPS) is 30.5. The molecule has 21 heavy (non-hydrogen) atoms. The van der Waals surface area contributed by atoms with Crippen LogP contribution in [0.2, 0.25) is 0 Å². The molecule has 0 bridgehead atoms. The van der Waals surface area contributed by atoms with E-state index in [1.54, 1.807) is 5.51 Å². The molecule has 3 rings (SSSR count). The highest BCUT2D eigenvalue weighted by Gasteiger charge is 2.37. The molecule has 1 aliphatic heterocycles. The van der Waals surface area contributed by atoms with Gasteiger partial charge in [0.1, 0.15) is 4.88 Å². The molecule has 0 unspecified atom stereocenters. The lowest BCUT2D eigenvalue weighted by molar-refractivity contribution is 0.00708. The minimum atomic E-state index is -0.464. The molecule has 0 radical (unpaired) electrons. The second-order valence-electron chi connectivity index (χ2n) is 6.08. The maximum Gasteiger partial charge on any atom is 0.263 e. The summed E-state index contributed by atoms with van der Waals surface area (Å²) in [7, 11) is 0. The van der Waals surface area contributed by atoms with Crippen LogP contribution in [-0.4, -0.2) is 52.2 Å². The smallest absolute Gasteiger partial charge is 0.263 e. The number of aryl methyl sites for hydroxylation is 1. The van der Waals surface area contributed by atoms with Crippen molar-refractivity contribution >= 4 is 17.2 Å². The first-order valence-corrected chi connectivity index (χ1v) is 8.68. The van der Waals surface area contributed by atoms with Crippen LogP contribution in [0.25, 0.3) is 0 Å². The molecule has 0 spiro atoms. The molecule has 3 atom stereocenters. The van der Waals surface area contributed by atoms with Gasteiger partial charge in [-0.2, -0.15) is 0 Å². The monoisotopic (exact) mass is 309 g/mol. The van der Waals surface area contributed by atoms with Gasteiger partial charge >= 0.3 is 0 Å². The highest BCUT2D eigenvalue weighted by molar-refractivity contribution is 7.11. The van der Waals surface area contributed by atoms with Crippen LogP contribution in [0.3, 0.4) is 0 Å². The first kappa shape index (κ1) is 14.9. The zero-order chi connectivity index (χ0) is 14.8. The standard InChI is InChI=1S/C15H23N3O2S/c1-10-14(21-9-16-10)15(20)17-11-5-4-6-12(13(11)19)18-7-2-3-8-18/h9,11-13,19H,2-8H2,1H3,(H,17,20)/t11-,12-,13-/m1/s1. The fraction of sp³-hybridized carbons (Fsp3) is 0.733. The third-order valence-corrected chi connectivity index (χ3v) is 5.63. The molecule has 6 heteroatoms. The zero-order valence-corrected chi connectivity index (χ0v) is 13.2. The summed E-state index contributed by atoms with van der Waals surface area (Å²) in [5.74, 6) is -0.0962. The van der Waals surface area contributed by atoms with Crippen molar-refractivity contribution in [1.29, 1.82) is 0 Å². The lowest BCUT2D eigenvalue weighted by Gasteiger charge is -2.40. The van der Waals surface area contributed by atoms with Gasteiger partial charge in [-0.05, 0) is 52.1 Å². The van der Waals surface area contributed by atoms with Gasteiger partial charge in [0.2, 0.25) is 0 Å². The van der Waals surface area contributed by atoms with E-state index in [0.717, 1.165) is 38.0 Å². The van der Waals surface area contributed by atoms with Crippen molar-refractivity contribution in [1.82, 2.24) is 15.2 Å². The number of nitrogens with one attached hydrogen (secondary N) is 1. The molecule has 2 fully saturated rings. The van der Waals surface area contributed by atoms with Crippen molar-refractivity contribution in [2.75, 3.05) is 13.1 Å². The summed E-state index contributed by atoms with van der Waals surface area (Å²) in [5.41, 5.74) is 2.45. The van der Waals surface area contributed by atoms with E-state index in [-0.39, 0.29) is 18.0 Å². The summed E-state index contributed by atoms with van der Waals surface area (Å²) >= 11 is 1.36. The molecule has 1 aromatic heterocycles. The molecule has 5 nitrogen and oxygen atoms in total. The number of nitrogens with zero attached hydrogens (tertiary/aromatic N) is 2. The molecule has 1 saturated carbocycles. The summed E-state index contributed by atoms with van der Waals surface area (Å²) in [6.45, 7) is 4.00. The van der Waals surface area contributed by atoms with E-state index in [4.69, 9.17) is 0 Å². The van der Waals surface area contributed by atoms with Crippen molar-refractivity contribution in [3.8, 4) is 0 Å². The van der Waals surface area contributed by atoms with Crippen LogP contribution in [0.4, 0.5) is 0 Å². The van der Waals surface area contributed by atoms with Crippen molar-refractivity contribution in [3.63, 3.8) is 0 Å². The Morgan fingerprint density at radius 1 is 1.38 bits per heavy atom. The molecule has 1 amide bonds. The topological polar surface area (TPSA) is 65.5 Å². The van der Waals surface area contributed by atoms with E-state index in [1.807, 2.05) is 6.92 Å². The second-order valence-corrected chi connectivity index (χ2v) is 6.93. The molecule has 2 N–H and O–H groups in total. The quantitative estimate of drug-likeness (QED) is 0.889. The summed E-state index contributed by atoms with van der Waals surface area (Å²) in [6, 6.07) is 0.0625. The molecular weight excluding hydrogens is 286 g/mol. The number of likely N-dealkylation sites (tertiary alicyclic amines) is 1. The number of aliphatic hydroxyl groups is 1. The Morgan fingerprint density at radius 3 is 2.81 bits per heavy atom. The molecule has 1 aliphatic carbocycles. The minimum Gasteiger partial charge on any atom is -0.389 e. The fourth-order valence-electron chi connectivity index (χ4n) is 3.54. The molecule has 0 aromatic carbocycles. The number of hydrogen-bond donors (Lipinski definition) is 2. The van der Waals surface area contributed by atoms with E-state index in [2.05, 4.69) is 15.2 Å². The minimum absolute atomic E-state index is 0.0962. The fourth-order valence-corrected chi connectivity index (χ4v) is 4.25. The van der Waals surface area contributed by atoms with Crippen molar-refractivity contribution in [3.05, 3.63) is 16.1 Å². The van der Waals surface area contributed by atoms with Crippen LogP contribution in [0.15, 0.2) is 5.51 Å². The highest BCUT2D eigenvalue weighted by Crippen LogP contribution is 2.27. The number of carbonyl (C=O) groups excluding carboxylic acids is 1. The van der Waals surface area contributed by atoms with Gasteiger partial charge in [-0.15, -0.1) is 11.3 Å². The SMILES string of the molecule is Cc1ncsc1C(=O)N[C@@H]1CCC[C@@H](N2CCCC2)[C@@H]1O. The first-order valence-electron chi connectivity index (χ1n) is 7.80. The van der Waals surface area contributed by atoms with Crippen molar-refractivity contribution in [2.45, 2.75) is 57.2 Å². The molecular formula is C15H23N3O2S. The van der Waals surface area contributed by atoms with Crippen LogP contribution < -0.4 is 5.32 Å². The summed E-state index contributed by atoms with van der Waals surface area (Å²) in [6.07, 6.45) is 4.93. The maximum absolute atomic E-state index is 12.3. The van der Waals surface area contributed by atoms with Gasteiger partial charge in [-0.3, -0.25) is 9.69 Å². The average molecular weight is 309 g/mol. The summed E-state index contributed by atoms with van der Waals surface area (Å²) in [5, 5.41) is 13.7. The number of aliphatic hydroxyl groups excluding tert-OH is 1. The van der Waals surface area contributed by atoms with Gasteiger partial charge in [0, 0.05) is 6.04 Å². The number of carbonyl (C=O) groups is 1. The van der Waals surface area contributed by atoms with Gasteiger partial charge < -0.3 is 10.4 Å². The summed E-state index contributed by atoms with van der Waals surface area (Å²) in [4.78, 5) is 19.5. The third-order valence-electron chi connectivity index (χ3n) is 4.70. The Balaban J connectivity index is 1.64. The number of rotatable bonds is 3. The highest BCUT2D eigenvalue weighted by atomic mass is 32.1. The van der Waals surface area contributed by atoms with Gasteiger partial charge in [-0.25, -0.2) is 4.98 Å². The first-order chi connectivity index (χ1) is 10.2. The van der Waals surface area contributed by atoms with E-state index < -0.39 is 6.10 Å². The van der Waals surface area contributed by atoms with Crippen LogP contribution >= 0.6 is 11.3 Å². The predicted octanol–water partition coefficient (Wildman–Crippen LogP) is 1.56. The Bertz CT molecular complexity index is 499. The molecule has 1 saturated heterocycles. The number of amides is 1.